The molecule has 0 bridgehead atoms. The molecule has 2 fully saturated rings. The summed E-state index contributed by atoms with van der Waals surface area (Å²) < 4.78 is 55.4. The minimum absolute atomic E-state index is 0.0644. The quantitative estimate of drug-likeness (QED) is 0.477. The Morgan fingerprint density at radius 2 is 2.14 bits per heavy atom. The van der Waals surface area contributed by atoms with Crippen LogP contribution in [0.3, 0.4) is 0 Å². The van der Waals surface area contributed by atoms with Gasteiger partial charge in [0.2, 0.25) is 0 Å². The molecule has 2 atom stereocenters. The van der Waals surface area contributed by atoms with E-state index in [9.17, 15) is 17.6 Å². The average molecular weight is 532 g/mol. The predicted octanol–water partition coefficient (Wildman–Crippen LogP) is 2.91. The van der Waals surface area contributed by atoms with Crippen molar-refractivity contribution in [2.45, 2.75) is 38.3 Å². The molecule has 1 unspecified atom stereocenters. The zero-order valence-electron chi connectivity index (χ0n) is 20.8. The monoisotopic (exact) mass is 531 g/mol. The number of hydrogen-bond acceptors (Lipinski definition) is 7. The zero-order valence-corrected chi connectivity index (χ0v) is 21.6. The Kier molecular flexibility index (Phi) is 7.06. The number of ether oxygens (including phenoxy) is 2. The van der Waals surface area contributed by atoms with Gasteiger partial charge in [-0.15, -0.1) is 0 Å². The fourth-order valence-electron chi connectivity index (χ4n) is 4.80. The molecule has 0 radical (unpaired) electrons. The van der Waals surface area contributed by atoms with Crippen molar-refractivity contribution in [1.29, 1.82) is 0 Å². The Hall–Kier alpha value is -3.22. The number of hydrogen-bond donors (Lipinski definition) is 1. The molecule has 2 saturated heterocycles. The Morgan fingerprint density at radius 3 is 2.89 bits per heavy atom. The van der Waals surface area contributed by atoms with Crippen molar-refractivity contribution in [2.24, 2.45) is 0 Å². The molecule has 1 amide bonds. The highest BCUT2D eigenvalue weighted by Crippen LogP contribution is 2.41. The Morgan fingerprint density at radius 1 is 1.30 bits per heavy atom. The van der Waals surface area contributed by atoms with E-state index in [4.69, 9.17) is 9.47 Å². The number of nitrogens with zero attached hydrogens (tertiary/aromatic N) is 4. The molecule has 37 heavy (non-hydrogen) atoms. The Labute approximate surface area is 215 Å². The molecule has 4 heterocycles. The van der Waals surface area contributed by atoms with Crippen LogP contribution in [0.2, 0.25) is 0 Å². The van der Waals surface area contributed by atoms with Gasteiger partial charge in [-0.2, -0.15) is 12.7 Å². The lowest BCUT2D eigenvalue weighted by atomic mass is 10.0. The molecular weight excluding hydrogens is 501 g/mol. The number of aromatic nitrogens is 2. The first-order valence-electron chi connectivity index (χ1n) is 12.3. The standard InChI is InChI=1S/C25H30FN5O5S/c1-3-29(2)37(33,34)28-25(32)22-14-27-24-9-7-18(15-31(22)24)30-11-4-5-21(30)20-13-17(26)6-8-23(20)36-19-10-12-35-16-19/h6-9,13-15,19,21H,3-5,10-12,16H2,1-2H3,(H,28,32)/t19-,21?/m1/s1. The highest BCUT2D eigenvalue weighted by Gasteiger charge is 2.31. The van der Waals surface area contributed by atoms with E-state index in [1.807, 2.05) is 6.07 Å². The largest absolute Gasteiger partial charge is 0.488 e. The number of nitrogens with one attached hydrogen (secondary N) is 1. The van der Waals surface area contributed by atoms with Crippen molar-refractivity contribution in [3.8, 4) is 5.75 Å². The van der Waals surface area contributed by atoms with Gasteiger partial charge in [0.1, 0.15) is 29.0 Å². The summed E-state index contributed by atoms with van der Waals surface area (Å²) in [5.41, 5.74) is 2.16. The van der Waals surface area contributed by atoms with Crippen molar-refractivity contribution in [2.75, 3.05) is 38.3 Å². The second kappa shape index (κ2) is 10.3. The van der Waals surface area contributed by atoms with Crippen LogP contribution in [0.25, 0.3) is 5.65 Å². The van der Waals surface area contributed by atoms with Crippen molar-refractivity contribution >= 4 is 27.5 Å². The van der Waals surface area contributed by atoms with Crippen LogP contribution < -0.4 is 14.4 Å². The number of imidazole rings is 1. The Bertz CT molecular complexity index is 1410. The summed E-state index contributed by atoms with van der Waals surface area (Å²) in [4.78, 5) is 19.3. The third kappa shape index (κ3) is 5.13. The van der Waals surface area contributed by atoms with Gasteiger partial charge in [0.25, 0.3) is 5.91 Å². The molecule has 2 aliphatic heterocycles. The third-order valence-electron chi connectivity index (χ3n) is 6.90. The first-order valence-corrected chi connectivity index (χ1v) is 13.8. The molecular formula is C25H30FN5O5S. The van der Waals surface area contributed by atoms with E-state index in [0.717, 1.165) is 41.4 Å². The number of rotatable bonds is 8. The van der Waals surface area contributed by atoms with Gasteiger partial charge in [0, 0.05) is 38.3 Å². The lowest BCUT2D eigenvalue weighted by Crippen LogP contribution is -2.41. The normalized spacial score (nSPS) is 20.2. The average Bonchev–Trinajstić information content (AvgIpc) is 3.64. The van der Waals surface area contributed by atoms with E-state index in [1.165, 1.54) is 25.4 Å². The summed E-state index contributed by atoms with van der Waals surface area (Å²) >= 11 is 0. The van der Waals surface area contributed by atoms with E-state index in [1.54, 1.807) is 29.7 Å². The predicted molar refractivity (Wildman–Crippen MR) is 135 cm³/mol. The molecule has 2 aliphatic rings. The van der Waals surface area contributed by atoms with Crippen LogP contribution >= 0.6 is 0 Å². The summed E-state index contributed by atoms with van der Waals surface area (Å²) in [6.07, 6.45) is 5.53. The minimum atomic E-state index is -3.97. The molecule has 2 aromatic heterocycles. The fraction of sp³-hybridized carbons (Fsp3) is 0.440. The lowest BCUT2D eigenvalue weighted by Gasteiger charge is -2.29. The van der Waals surface area contributed by atoms with Crippen LogP contribution in [-0.4, -0.2) is 67.5 Å². The number of pyridine rings is 1. The molecule has 0 saturated carbocycles. The maximum absolute atomic E-state index is 14.4. The van der Waals surface area contributed by atoms with Crippen molar-refractivity contribution < 1.29 is 27.1 Å². The van der Waals surface area contributed by atoms with Crippen LogP contribution in [0, 0.1) is 5.82 Å². The van der Waals surface area contributed by atoms with E-state index in [-0.39, 0.29) is 30.2 Å². The molecule has 1 aromatic carbocycles. The number of anilines is 1. The van der Waals surface area contributed by atoms with Gasteiger partial charge >= 0.3 is 10.2 Å². The topological polar surface area (TPSA) is 105 Å². The summed E-state index contributed by atoms with van der Waals surface area (Å²) in [6.45, 7) is 3.78. The van der Waals surface area contributed by atoms with E-state index in [0.29, 0.717) is 24.6 Å². The first-order chi connectivity index (χ1) is 17.8. The van der Waals surface area contributed by atoms with E-state index in [2.05, 4.69) is 14.6 Å². The molecule has 1 N–H and O–H groups in total. The number of halogens is 1. The lowest BCUT2D eigenvalue weighted by molar-refractivity contribution is 0.0974. The SMILES string of the molecule is CCN(C)S(=O)(=O)NC(=O)c1cnc2ccc(N3CCCC3c3cc(F)ccc3O[C@@H]3CCOC3)cn12. The van der Waals surface area contributed by atoms with E-state index >= 15 is 0 Å². The maximum Gasteiger partial charge on any atom is 0.303 e. The molecule has 0 spiro atoms. The summed E-state index contributed by atoms with van der Waals surface area (Å²) in [5, 5.41) is 0. The summed E-state index contributed by atoms with van der Waals surface area (Å²) in [5.74, 6) is -0.468. The second-order valence-electron chi connectivity index (χ2n) is 9.25. The molecule has 198 valence electrons. The molecule has 0 aliphatic carbocycles. The fourth-order valence-corrected chi connectivity index (χ4v) is 5.63. The summed E-state index contributed by atoms with van der Waals surface area (Å²) in [6, 6.07) is 8.14. The second-order valence-corrected chi connectivity index (χ2v) is 11.0. The number of amides is 1. The van der Waals surface area contributed by atoms with Crippen molar-refractivity contribution in [3.63, 3.8) is 0 Å². The number of benzene rings is 1. The number of carbonyl (C=O) groups excluding carboxylic acids is 1. The molecule has 10 nitrogen and oxygen atoms in total. The van der Waals surface area contributed by atoms with Gasteiger partial charge in [-0.05, 0) is 43.2 Å². The van der Waals surface area contributed by atoms with Crippen LogP contribution in [0.15, 0.2) is 42.7 Å². The van der Waals surface area contributed by atoms with Crippen LogP contribution in [0.5, 0.6) is 5.75 Å². The van der Waals surface area contributed by atoms with Gasteiger partial charge in [-0.1, -0.05) is 6.92 Å². The zero-order chi connectivity index (χ0) is 26.2. The van der Waals surface area contributed by atoms with E-state index < -0.39 is 16.1 Å². The van der Waals surface area contributed by atoms with Crippen LogP contribution in [-0.2, 0) is 14.9 Å². The maximum atomic E-state index is 14.4. The first kappa shape index (κ1) is 25.4. The van der Waals surface area contributed by atoms with Crippen LogP contribution in [0.1, 0.15) is 48.3 Å². The highest BCUT2D eigenvalue weighted by atomic mass is 32.2. The van der Waals surface area contributed by atoms with Gasteiger partial charge in [0.05, 0.1) is 31.1 Å². The van der Waals surface area contributed by atoms with Gasteiger partial charge in [0.15, 0.2) is 0 Å². The molecule has 5 rings (SSSR count). The van der Waals surface area contributed by atoms with Gasteiger partial charge < -0.3 is 14.4 Å². The summed E-state index contributed by atoms with van der Waals surface area (Å²) in [7, 11) is -2.58. The molecule has 3 aromatic rings. The third-order valence-corrected chi connectivity index (χ3v) is 8.42. The number of carbonyl (C=O) groups is 1. The highest BCUT2D eigenvalue weighted by molar-refractivity contribution is 7.87. The van der Waals surface area contributed by atoms with Crippen molar-refractivity contribution in [3.05, 3.63) is 59.8 Å². The molecule has 12 heteroatoms. The van der Waals surface area contributed by atoms with Gasteiger partial charge in [-0.3, -0.25) is 9.20 Å². The number of fused-ring (bicyclic) bond motifs is 1. The van der Waals surface area contributed by atoms with Crippen molar-refractivity contribution in [1.82, 2.24) is 18.4 Å². The van der Waals surface area contributed by atoms with Gasteiger partial charge in [-0.25, -0.2) is 14.1 Å². The Balaban J connectivity index is 1.45. The smallest absolute Gasteiger partial charge is 0.303 e. The minimum Gasteiger partial charge on any atom is -0.488 e. The van der Waals surface area contributed by atoms with Crippen LogP contribution in [0.4, 0.5) is 10.1 Å².